The van der Waals surface area contributed by atoms with Crippen LogP contribution in [0.5, 0.6) is 0 Å². The van der Waals surface area contributed by atoms with E-state index in [2.05, 4.69) is 30.4 Å². The van der Waals surface area contributed by atoms with Crippen LogP contribution in [0.3, 0.4) is 0 Å². The van der Waals surface area contributed by atoms with Gasteiger partial charge in [-0.15, -0.1) is 0 Å². The Morgan fingerprint density at radius 2 is 2.17 bits per heavy atom. The molecular weight excluding hydrogens is 284 g/mol. The van der Waals surface area contributed by atoms with Crippen LogP contribution in [0.25, 0.3) is 0 Å². The van der Waals surface area contributed by atoms with Gasteiger partial charge in [-0.25, -0.2) is 0 Å². The van der Waals surface area contributed by atoms with Crippen LogP contribution in [0.2, 0.25) is 0 Å². The molecule has 1 aromatic rings. The van der Waals surface area contributed by atoms with E-state index in [1.807, 2.05) is 13.0 Å². The lowest BCUT2D eigenvalue weighted by Crippen LogP contribution is -2.36. The molecule has 2 saturated carbocycles. The molecule has 2 fully saturated rings. The molecule has 0 aliphatic heterocycles. The Balaban J connectivity index is 1.53. The smallest absolute Gasteiger partial charge is 0.169 e. The van der Waals surface area contributed by atoms with Crippen molar-refractivity contribution in [2.45, 2.75) is 51.6 Å². The molecule has 23 heavy (non-hydrogen) atoms. The Bertz CT molecular complexity index is 680. The van der Waals surface area contributed by atoms with Crippen LogP contribution in [0.1, 0.15) is 60.5 Å². The third-order valence-electron chi connectivity index (χ3n) is 5.42. The van der Waals surface area contributed by atoms with Crippen molar-refractivity contribution in [3.05, 3.63) is 41.3 Å². The third kappa shape index (κ3) is 2.83. The van der Waals surface area contributed by atoms with Crippen LogP contribution in [0, 0.1) is 29.6 Å². The van der Waals surface area contributed by atoms with E-state index in [1.165, 1.54) is 18.4 Å². The second kappa shape index (κ2) is 5.80. The zero-order valence-corrected chi connectivity index (χ0v) is 13.7. The van der Waals surface area contributed by atoms with Gasteiger partial charge in [0.2, 0.25) is 0 Å². The quantitative estimate of drug-likeness (QED) is 0.773. The van der Waals surface area contributed by atoms with Gasteiger partial charge < -0.3 is 4.74 Å². The van der Waals surface area contributed by atoms with E-state index < -0.39 is 0 Å². The summed E-state index contributed by atoms with van der Waals surface area (Å²) < 4.78 is 5.69. The SMILES string of the molecule is CCOC1[CH]CC2(CC1)Cc1ccc(C#CC3CC3)cc1C2=O. The van der Waals surface area contributed by atoms with Crippen LogP contribution >= 0.6 is 0 Å². The van der Waals surface area contributed by atoms with E-state index >= 15 is 0 Å². The molecular formula is C21H23O2. The fourth-order valence-corrected chi connectivity index (χ4v) is 3.89. The molecule has 2 unspecified atom stereocenters. The second-order valence-corrected chi connectivity index (χ2v) is 7.17. The van der Waals surface area contributed by atoms with Gasteiger partial charge in [0.25, 0.3) is 0 Å². The molecule has 0 heterocycles. The van der Waals surface area contributed by atoms with Crippen molar-refractivity contribution in [3.8, 4) is 11.8 Å². The summed E-state index contributed by atoms with van der Waals surface area (Å²) in [6, 6.07) is 6.22. The number of carbonyl (C=O) groups is 1. The summed E-state index contributed by atoms with van der Waals surface area (Å²) in [5.41, 5.74) is 2.90. The summed E-state index contributed by atoms with van der Waals surface area (Å²) in [7, 11) is 0. The molecule has 1 radical (unpaired) electrons. The Kier molecular flexibility index (Phi) is 3.77. The molecule has 119 valence electrons. The highest BCUT2D eigenvalue weighted by molar-refractivity contribution is 6.05. The second-order valence-electron chi connectivity index (χ2n) is 7.17. The first kappa shape index (κ1) is 15.0. The van der Waals surface area contributed by atoms with Crippen molar-refractivity contribution in [1.82, 2.24) is 0 Å². The Morgan fingerprint density at radius 3 is 2.87 bits per heavy atom. The zero-order chi connectivity index (χ0) is 15.9. The predicted octanol–water partition coefficient (Wildman–Crippen LogP) is 3.97. The lowest BCUT2D eigenvalue weighted by atomic mass is 9.70. The molecule has 2 heteroatoms. The van der Waals surface area contributed by atoms with E-state index in [0.717, 1.165) is 43.4 Å². The average molecular weight is 307 g/mol. The maximum absolute atomic E-state index is 13.0. The molecule has 4 rings (SSSR count). The number of Topliss-reactive ketones (excluding diaryl/α,β-unsaturated/α-hetero) is 1. The number of carbonyl (C=O) groups excluding carboxylic acids is 1. The van der Waals surface area contributed by atoms with Crippen molar-refractivity contribution in [3.63, 3.8) is 0 Å². The first-order valence-corrected chi connectivity index (χ1v) is 8.84. The fourth-order valence-electron chi connectivity index (χ4n) is 3.89. The van der Waals surface area contributed by atoms with E-state index in [9.17, 15) is 4.79 Å². The summed E-state index contributed by atoms with van der Waals surface area (Å²) in [5.74, 6) is 7.45. The van der Waals surface area contributed by atoms with Gasteiger partial charge in [-0.05, 0) is 69.6 Å². The molecule has 0 bridgehead atoms. The number of rotatable bonds is 2. The average Bonchev–Trinajstić information content (AvgIpc) is 3.36. The van der Waals surface area contributed by atoms with Gasteiger partial charge in [-0.1, -0.05) is 17.9 Å². The minimum absolute atomic E-state index is 0.210. The standard InChI is InChI=1S/C21H23O2/c1-2-23-18-9-11-21(12-10-18)14-17-8-7-16(6-5-15-3-4-15)13-19(17)20(21)22/h7-9,13,15,18H,2-4,10-12,14H2,1H3. The van der Waals surface area contributed by atoms with Crippen LogP contribution in [-0.2, 0) is 11.2 Å². The third-order valence-corrected chi connectivity index (χ3v) is 5.42. The predicted molar refractivity (Wildman–Crippen MR) is 90.1 cm³/mol. The highest BCUT2D eigenvalue weighted by Crippen LogP contribution is 2.47. The lowest BCUT2D eigenvalue weighted by Gasteiger charge is -2.35. The number of hydrogen-bond acceptors (Lipinski definition) is 2. The van der Waals surface area contributed by atoms with Gasteiger partial charge in [-0.2, -0.15) is 0 Å². The molecule has 2 atom stereocenters. The van der Waals surface area contributed by atoms with E-state index in [1.54, 1.807) is 0 Å². The molecule has 0 saturated heterocycles. The monoisotopic (exact) mass is 307 g/mol. The lowest BCUT2D eigenvalue weighted by molar-refractivity contribution is 0.0368. The van der Waals surface area contributed by atoms with Crippen LogP contribution in [-0.4, -0.2) is 18.5 Å². The Hall–Kier alpha value is -1.59. The highest BCUT2D eigenvalue weighted by Gasteiger charge is 2.47. The topological polar surface area (TPSA) is 26.3 Å². The molecule has 0 amide bonds. The van der Waals surface area contributed by atoms with Gasteiger partial charge in [0.05, 0.1) is 6.10 Å². The normalized spacial score (nSPS) is 29.3. The maximum Gasteiger partial charge on any atom is 0.169 e. The molecule has 1 spiro atoms. The minimum atomic E-state index is -0.210. The van der Waals surface area contributed by atoms with Crippen molar-refractivity contribution in [1.29, 1.82) is 0 Å². The summed E-state index contributed by atoms with van der Waals surface area (Å²) in [4.78, 5) is 13.0. The summed E-state index contributed by atoms with van der Waals surface area (Å²) >= 11 is 0. The van der Waals surface area contributed by atoms with Gasteiger partial charge in [0, 0.05) is 29.1 Å². The van der Waals surface area contributed by atoms with Crippen molar-refractivity contribution in [2.24, 2.45) is 11.3 Å². The number of fused-ring (bicyclic) bond motifs is 1. The number of ketones is 1. The molecule has 0 N–H and O–H groups in total. The molecule has 2 nitrogen and oxygen atoms in total. The molecule has 0 aromatic heterocycles. The number of hydrogen-bond donors (Lipinski definition) is 0. The molecule has 3 aliphatic rings. The largest absolute Gasteiger partial charge is 0.378 e. The number of ether oxygens (including phenoxy) is 1. The van der Waals surface area contributed by atoms with Gasteiger partial charge in [-0.3, -0.25) is 4.79 Å². The van der Waals surface area contributed by atoms with Crippen molar-refractivity contribution in [2.75, 3.05) is 6.61 Å². The molecule has 3 aliphatic carbocycles. The maximum atomic E-state index is 13.0. The van der Waals surface area contributed by atoms with Crippen molar-refractivity contribution < 1.29 is 9.53 Å². The minimum Gasteiger partial charge on any atom is -0.378 e. The zero-order valence-electron chi connectivity index (χ0n) is 13.7. The van der Waals surface area contributed by atoms with Crippen LogP contribution < -0.4 is 0 Å². The Labute approximate surface area is 138 Å². The van der Waals surface area contributed by atoms with Crippen LogP contribution in [0.4, 0.5) is 0 Å². The highest BCUT2D eigenvalue weighted by atomic mass is 16.5. The van der Waals surface area contributed by atoms with Gasteiger partial charge >= 0.3 is 0 Å². The Morgan fingerprint density at radius 1 is 1.30 bits per heavy atom. The first-order valence-electron chi connectivity index (χ1n) is 8.84. The summed E-state index contributed by atoms with van der Waals surface area (Å²) in [6.07, 6.45) is 8.52. The summed E-state index contributed by atoms with van der Waals surface area (Å²) in [6.45, 7) is 2.77. The fraction of sp³-hybridized carbons (Fsp3) is 0.524. The number of benzene rings is 1. The van der Waals surface area contributed by atoms with Gasteiger partial charge in [0.15, 0.2) is 5.78 Å². The van der Waals surface area contributed by atoms with E-state index in [0.29, 0.717) is 11.7 Å². The van der Waals surface area contributed by atoms with E-state index in [4.69, 9.17) is 4.74 Å². The van der Waals surface area contributed by atoms with Gasteiger partial charge in [0.1, 0.15) is 0 Å². The summed E-state index contributed by atoms with van der Waals surface area (Å²) in [5, 5.41) is 0. The van der Waals surface area contributed by atoms with Crippen molar-refractivity contribution >= 4 is 5.78 Å². The van der Waals surface area contributed by atoms with Crippen LogP contribution in [0.15, 0.2) is 18.2 Å². The van der Waals surface area contributed by atoms with E-state index in [-0.39, 0.29) is 11.5 Å². The molecule has 1 aromatic carbocycles. The first-order chi connectivity index (χ1) is 11.2.